The van der Waals surface area contributed by atoms with Crippen LogP contribution in [0.3, 0.4) is 0 Å². The molecule has 0 radical (unpaired) electrons. The first-order chi connectivity index (χ1) is 14.2. The van der Waals surface area contributed by atoms with Gasteiger partial charge in [-0.25, -0.2) is 4.79 Å². The topological polar surface area (TPSA) is 119 Å². The molecule has 0 aliphatic heterocycles. The fraction of sp³-hybridized carbons (Fsp3) is 0.273. The molecule has 8 heteroatoms. The van der Waals surface area contributed by atoms with E-state index in [9.17, 15) is 19.7 Å². The lowest BCUT2D eigenvalue weighted by Crippen LogP contribution is -2.58. The van der Waals surface area contributed by atoms with Crippen LogP contribution in [0.15, 0.2) is 48.5 Å². The number of hydrogen-bond donors (Lipinski definition) is 2. The summed E-state index contributed by atoms with van der Waals surface area (Å²) >= 11 is 0. The standard InChI is InChI=1S/C22H22N2O6/c1-22(2,24(28)29)19(21(27)30-3)23-20(26)18-12-10-16(11-13-18)5-4-15-6-8-17(14-25)9-7-15/h6-13,19,25H,14H2,1-3H3,(H,23,26). The van der Waals surface area contributed by atoms with E-state index in [-0.39, 0.29) is 12.2 Å². The van der Waals surface area contributed by atoms with Gasteiger partial charge in [0.2, 0.25) is 5.54 Å². The first-order valence-electron chi connectivity index (χ1n) is 9.04. The number of nitrogens with one attached hydrogen (secondary N) is 1. The van der Waals surface area contributed by atoms with Crippen molar-refractivity contribution in [2.75, 3.05) is 7.11 Å². The molecule has 1 amide bonds. The van der Waals surface area contributed by atoms with Crippen LogP contribution in [0.5, 0.6) is 0 Å². The SMILES string of the molecule is COC(=O)C(NC(=O)c1ccc(C#Cc2ccc(CO)cc2)cc1)C(C)(C)[N+](=O)[O-]. The average Bonchev–Trinajstić information content (AvgIpc) is 2.75. The van der Waals surface area contributed by atoms with E-state index >= 15 is 0 Å². The van der Waals surface area contributed by atoms with Crippen LogP contribution in [0.4, 0.5) is 0 Å². The monoisotopic (exact) mass is 410 g/mol. The van der Waals surface area contributed by atoms with Gasteiger partial charge in [-0.1, -0.05) is 24.0 Å². The molecule has 0 aromatic heterocycles. The zero-order valence-electron chi connectivity index (χ0n) is 16.8. The Hall–Kier alpha value is -3.70. The van der Waals surface area contributed by atoms with E-state index in [1.807, 2.05) is 0 Å². The van der Waals surface area contributed by atoms with Crippen molar-refractivity contribution in [2.45, 2.75) is 32.0 Å². The molecular weight excluding hydrogens is 388 g/mol. The number of ether oxygens (including phenoxy) is 1. The molecular formula is C22H22N2O6. The van der Waals surface area contributed by atoms with Crippen molar-refractivity contribution < 1.29 is 24.4 Å². The molecule has 2 N–H and O–H groups in total. The van der Waals surface area contributed by atoms with Gasteiger partial charge in [0.1, 0.15) is 0 Å². The number of carbonyl (C=O) groups is 2. The van der Waals surface area contributed by atoms with Crippen LogP contribution in [-0.2, 0) is 16.1 Å². The second-order valence-corrected chi connectivity index (χ2v) is 7.02. The number of esters is 1. The highest BCUT2D eigenvalue weighted by Gasteiger charge is 2.47. The van der Waals surface area contributed by atoms with Crippen molar-refractivity contribution in [1.82, 2.24) is 5.32 Å². The zero-order valence-corrected chi connectivity index (χ0v) is 16.8. The van der Waals surface area contributed by atoms with E-state index in [0.29, 0.717) is 5.56 Å². The maximum atomic E-state index is 12.5. The van der Waals surface area contributed by atoms with Gasteiger partial charge in [0.15, 0.2) is 6.04 Å². The molecule has 0 saturated carbocycles. The molecule has 0 spiro atoms. The molecule has 1 unspecified atom stereocenters. The van der Waals surface area contributed by atoms with Crippen molar-refractivity contribution in [1.29, 1.82) is 0 Å². The molecule has 8 nitrogen and oxygen atoms in total. The summed E-state index contributed by atoms with van der Waals surface area (Å²) in [5, 5.41) is 22.7. The largest absolute Gasteiger partial charge is 0.467 e. The Balaban J connectivity index is 2.14. The van der Waals surface area contributed by atoms with Gasteiger partial charge >= 0.3 is 5.97 Å². The minimum atomic E-state index is -1.75. The zero-order chi connectivity index (χ0) is 22.3. The fourth-order valence-corrected chi connectivity index (χ4v) is 2.50. The smallest absolute Gasteiger partial charge is 0.335 e. The second-order valence-electron chi connectivity index (χ2n) is 7.02. The van der Waals surface area contributed by atoms with Crippen molar-refractivity contribution in [3.8, 4) is 11.8 Å². The van der Waals surface area contributed by atoms with Gasteiger partial charge in [0.05, 0.1) is 13.7 Å². The number of aliphatic hydroxyl groups is 1. The number of nitro groups is 1. The Bertz CT molecular complexity index is 985. The summed E-state index contributed by atoms with van der Waals surface area (Å²) < 4.78 is 4.60. The van der Waals surface area contributed by atoms with Crippen molar-refractivity contribution in [2.24, 2.45) is 0 Å². The van der Waals surface area contributed by atoms with E-state index in [2.05, 4.69) is 21.9 Å². The van der Waals surface area contributed by atoms with Crippen molar-refractivity contribution in [3.05, 3.63) is 80.9 Å². The minimum Gasteiger partial charge on any atom is -0.467 e. The highest BCUT2D eigenvalue weighted by Crippen LogP contribution is 2.16. The van der Waals surface area contributed by atoms with E-state index in [1.165, 1.54) is 26.0 Å². The molecule has 2 rings (SSSR count). The normalized spacial score (nSPS) is 11.6. The first-order valence-corrected chi connectivity index (χ1v) is 9.04. The van der Waals surface area contributed by atoms with Crippen LogP contribution < -0.4 is 5.32 Å². The quantitative estimate of drug-likeness (QED) is 0.325. The average molecular weight is 410 g/mol. The summed E-state index contributed by atoms with van der Waals surface area (Å²) in [5.41, 5.74) is 0.701. The Kier molecular flexibility index (Phi) is 7.28. The van der Waals surface area contributed by atoms with Crippen LogP contribution in [0.2, 0.25) is 0 Å². The predicted molar refractivity (Wildman–Crippen MR) is 109 cm³/mol. The van der Waals surface area contributed by atoms with Gasteiger partial charge in [-0.15, -0.1) is 0 Å². The summed E-state index contributed by atoms with van der Waals surface area (Å²) in [6, 6.07) is 12.0. The summed E-state index contributed by atoms with van der Waals surface area (Å²) in [4.78, 5) is 35.1. The number of carbonyl (C=O) groups excluding carboxylic acids is 2. The predicted octanol–water partition coefficient (Wildman–Crippen LogP) is 1.91. The molecule has 156 valence electrons. The lowest BCUT2D eigenvalue weighted by Gasteiger charge is -2.25. The fourth-order valence-electron chi connectivity index (χ4n) is 2.50. The lowest BCUT2D eigenvalue weighted by molar-refractivity contribution is -0.562. The molecule has 0 aliphatic rings. The Morgan fingerprint density at radius 2 is 1.60 bits per heavy atom. The molecule has 0 saturated heterocycles. The second kappa shape index (κ2) is 9.67. The number of methoxy groups -OCH3 is 1. The number of amides is 1. The third-order valence-electron chi connectivity index (χ3n) is 4.52. The van der Waals surface area contributed by atoms with E-state index < -0.39 is 28.4 Å². The van der Waals surface area contributed by atoms with Crippen LogP contribution in [0, 0.1) is 22.0 Å². The summed E-state index contributed by atoms with van der Waals surface area (Å²) in [6.07, 6.45) is 0. The molecule has 1 atom stereocenters. The molecule has 0 aliphatic carbocycles. The Morgan fingerprint density at radius 3 is 2.03 bits per heavy atom. The Labute approximate surface area is 174 Å². The van der Waals surface area contributed by atoms with Crippen LogP contribution >= 0.6 is 0 Å². The van der Waals surface area contributed by atoms with Gasteiger partial charge < -0.3 is 15.2 Å². The van der Waals surface area contributed by atoms with Gasteiger partial charge in [-0.05, 0) is 42.0 Å². The summed E-state index contributed by atoms with van der Waals surface area (Å²) in [5.74, 6) is 4.40. The van der Waals surface area contributed by atoms with E-state index in [1.54, 1.807) is 36.4 Å². The highest BCUT2D eigenvalue weighted by atomic mass is 16.6. The third kappa shape index (κ3) is 5.43. The number of hydrogen-bond acceptors (Lipinski definition) is 6. The third-order valence-corrected chi connectivity index (χ3v) is 4.52. The summed E-state index contributed by atoms with van der Waals surface area (Å²) in [6.45, 7) is 2.44. The first kappa shape index (κ1) is 22.6. The number of benzene rings is 2. The lowest BCUT2D eigenvalue weighted by atomic mass is 9.95. The maximum absolute atomic E-state index is 12.5. The van der Waals surface area contributed by atoms with Crippen LogP contribution in [-0.4, -0.2) is 40.6 Å². The molecule has 2 aromatic carbocycles. The number of aliphatic hydroxyl groups excluding tert-OH is 1. The maximum Gasteiger partial charge on any atom is 0.335 e. The molecule has 30 heavy (non-hydrogen) atoms. The van der Waals surface area contributed by atoms with Gasteiger partial charge in [-0.2, -0.15) is 0 Å². The molecule has 0 bridgehead atoms. The Morgan fingerprint density at radius 1 is 1.10 bits per heavy atom. The van der Waals surface area contributed by atoms with Gasteiger partial charge in [-0.3, -0.25) is 14.9 Å². The summed E-state index contributed by atoms with van der Waals surface area (Å²) in [7, 11) is 1.10. The molecule has 2 aromatic rings. The van der Waals surface area contributed by atoms with Crippen molar-refractivity contribution >= 4 is 11.9 Å². The van der Waals surface area contributed by atoms with E-state index in [0.717, 1.165) is 18.2 Å². The number of rotatable bonds is 6. The van der Waals surface area contributed by atoms with Crippen LogP contribution in [0.25, 0.3) is 0 Å². The minimum absolute atomic E-state index is 0.0348. The van der Waals surface area contributed by atoms with Gasteiger partial charge in [0.25, 0.3) is 5.91 Å². The number of nitrogens with zero attached hydrogens (tertiary/aromatic N) is 1. The van der Waals surface area contributed by atoms with Crippen LogP contribution in [0.1, 0.15) is 40.9 Å². The molecule has 0 fully saturated rings. The van der Waals surface area contributed by atoms with Gasteiger partial charge in [0, 0.05) is 35.5 Å². The van der Waals surface area contributed by atoms with E-state index in [4.69, 9.17) is 5.11 Å². The van der Waals surface area contributed by atoms with Crippen molar-refractivity contribution in [3.63, 3.8) is 0 Å². The highest BCUT2D eigenvalue weighted by molar-refractivity contribution is 5.97. The molecule has 0 heterocycles.